The molecule has 6 rings (SSSR count). The fraction of sp³-hybridized carbons (Fsp3) is 0.125. The summed E-state index contributed by atoms with van der Waals surface area (Å²) in [6, 6.07) is 34.6. The largest absolute Gasteiger partial charge is 0.457 e. The Balaban J connectivity index is 1.41. The summed E-state index contributed by atoms with van der Waals surface area (Å²) in [4.78, 5) is 6.89. The first kappa shape index (κ1) is 23.9. The maximum atomic E-state index is 6.15. The van der Waals surface area contributed by atoms with Crippen molar-refractivity contribution in [2.45, 2.75) is 25.9 Å². The van der Waals surface area contributed by atoms with Gasteiger partial charge in [-0.3, -0.25) is 4.98 Å². The molecule has 1 N–H and O–H groups in total. The maximum absolute atomic E-state index is 6.15. The van der Waals surface area contributed by atoms with E-state index in [9.17, 15) is 0 Å². The normalized spacial score (nSPS) is 16.9. The molecule has 2 aromatic heterocycles. The van der Waals surface area contributed by atoms with Gasteiger partial charge < -0.3 is 19.5 Å². The second-order valence-electron chi connectivity index (χ2n) is 9.45. The van der Waals surface area contributed by atoms with Crippen molar-refractivity contribution in [3.8, 4) is 17.2 Å². The smallest absolute Gasteiger partial charge is 0.174 e. The zero-order chi connectivity index (χ0) is 26.1. The Labute approximate surface area is 228 Å². The molecule has 1 saturated heterocycles. The van der Waals surface area contributed by atoms with Crippen LogP contribution < -0.4 is 15.0 Å². The number of pyridine rings is 1. The molecule has 3 aromatic carbocycles. The van der Waals surface area contributed by atoms with Crippen molar-refractivity contribution < 1.29 is 4.74 Å². The average Bonchev–Trinajstić information content (AvgIpc) is 3.55. The number of rotatable bonds is 6. The van der Waals surface area contributed by atoms with Gasteiger partial charge in [-0.1, -0.05) is 42.5 Å². The van der Waals surface area contributed by atoms with Crippen LogP contribution in [0.15, 0.2) is 116 Å². The first-order chi connectivity index (χ1) is 18.6. The summed E-state index contributed by atoms with van der Waals surface area (Å²) in [7, 11) is 0. The van der Waals surface area contributed by atoms with Crippen LogP contribution >= 0.6 is 12.2 Å². The highest BCUT2D eigenvalue weighted by molar-refractivity contribution is 7.80. The third-order valence-electron chi connectivity index (χ3n) is 6.99. The number of anilines is 1. The Morgan fingerprint density at radius 2 is 1.53 bits per heavy atom. The van der Waals surface area contributed by atoms with Crippen LogP contribution in [0.2, 0.25) is 0 Å². The molecule has 188 valence electrons. The molecular weight excluding hydrogens is 488 g/mol. The molecule has 0 spiro atoms. The number of thiocarbonyl (C=S) groups is 1. The highest BCUT2D eigenvalue weighted by Gasteiger charge is 2.42. The van der Waals surface area contributed by atoms with Crippen molar-refractivity contribution in [1.29, 1.82) is 0 Å². The molecule has 0 saturated carbocycles. The van der Waals surface area contributed by atoms with Crippen LogP contribution in [0.4, 0.5) is 5.69 Å². The minimum Gasteiger partial charge on any atom is -0.457 e. The van der Waals surface area contributed by atoms with Crippen LogP contribution in [-0.4, -0.2) is 14.7 Å². The fourth-order valence-electron chi connectivity index (χ4n) is 5.09. The van der Waals surface area contributed by atoms with E-state index in [0.717, 1.165) is 39.8 Å². The topological polar surface area (TPSA) is 42.3 Å². The predicted molar refractivity (Wildman–Crippen MR) is 156 cm³/mol. The molecule has 0 bridgehead atoms. The zero-order valence-electron chi connectivity index (χ0n) is 21.3. The molecule has 1 aliphatic rings. The van der Waals surface area contributed by atoms with Crippen LogP contribution in [0.5, 0.6) is 11.5 Å². The molecule has 5 nitrogen and oxygen atoms in total. The monoisotopic (exact) mass is 516 g/mol. The second-order valence-corrected chi connectivity index (χ2v) is 9.83. The lowest BCUT2D eigenvalue weighted by molar-refractivity contribution is 0.479. The lowest BCUT2D eigenvalue weighted by Crippen LogP contribution is -2.30. The van der Waals surface area contributed by atoms with E-state index in [1.807, 2.05) is 61.7 Å². The highest BCUT2D eigenvalue weighted by Crippen LogP contribution is 2.43. The number of nitrogens with zero attached hydrogens (tertiary/aromatic N) is 3. The average molecular weight is 517 g/mol. The molecule has 5 aromatic rings. The summed E-state index contributed by atoms with van der Waals surface area (Å²) in [5.41, 5.74) is 6.50. The number of para-hydroxylation sites is 2. The van der Waals surface area contributed by atoms with Gasteiger partial charge in [0, 0.05) is 29.5 Å². The van der Waals surface area contributed by atoms with E-state index in [-0.39, 0.29) is 12.1 Å². The molecule has 0 unspecified atom stereocenters. The van der Waals surface area contributed by atoms with Crippen molar-refractivity contribution in [3.05, 3.63) is 138 Å². The summed E-state index contributed by atoms with van der Waals surface area (Å²) < 4.78 is 8.41. The minimum absolute atomic E-state index is 0.116. The lowest BCUT2D eigenvalue weighted by Gasteiger charge is -2.29. The third-order valence-corrected chi connectivity index (χ3v) is 7.31. The number of ether oxygens (including phenoxy) is 1. The molecule has 1 aliphatic heterocycles. The van der Waals surface area contributed by atoms with Crippen LogP contribution in [-0.2, 0) is 0 Å². The molecule has 3 heterocycles. The van der Waals surface area contributed by atoms with E-state index in [4.69, 9.17) is 21.9 Å². The van der Waals surface area contributed by atoms with Gasteiger partial charge in [-0.15, -0.1) is 0 Å². The van der Waals surface area contributed by atoms with Crippen LogP contribution in [0.1, 0.15) is 34.6 Å². The summed E-state index contributed by atoms with van der Waals surface area (Å²) >= 11 is 5.94. The van der Waals surface area contributed by atoms with E-state index in [0.29, 0.717) is 5.11 Å². The Bertz CT molecular complexity index is 1580. The Kier molecular flexibility index (Phi) is 6.40. The summed E-state index contributed by atoms with van der Waals surface area (Å²) in [6.07, 6.45) is 3.95. The van der Waals surface area contributed by atoms with E-state index in [1.165, 1.54) is 5.56 Å². The van der Waals surface area contributed by atoms with Crippen LogP contribution in [0, 0.1) is 13.8 Å². The zero-order valence-corrected chi connectivity index (χ0v) is 22.1. The highest BCUT2D eigenvalue weighted by atomic mass is 32.1. The summed E-state index contributed by atoms with van der Waals surface area (Å²) in [5.74, 6) is 1.63. The van der Waals surface area contributed by atoms with Gasteiger partial charge in [-0.25, -0.2) is 0 Å². The Hall–Kier alpha value is -4.42. The molecule has 38 heavy (non-hydrogen) atoms. The van der Waals surface area contributed by atoms with Gasteiger partial charge in [-0.05, 0) is 97.9 Å². The quantitative estimate of drug-likeness (QED) is 0.237. The van der Waals surface area contributed by atoms with Gasteiger partial charge in [0.15, 0.2) is 5.11 Å². The van der Waals surface area contributed by atoms with Crippen molar-refractivity contribution in [3.63, 3.8) is 0 Å². The maximum Gasteiger partial charge on any atom is 0.174 e. The van der Waals surface area contributed by atoms with E-state index in [1.54, 1.807) is 0 Å². The molecule has 0 aliphatic carbocycles. The third kappa shape index (κ3) is 4.44. The van der Waals surface area contributed by atoms with E-state index >= 15 is 0 Å². The lowest BCUT2D eigenvalue weighted by atomic mass is 10.0. The van der Waals surface area contributed by atoms with Gasteiger partial charge in [0.1, 0.15) is 17.5 Å². The number of benzene rings is 3. The van der Waals surface area contributed by atoms with Gasteiger partial charge in [0.25, 0.3) is 0 Å². The van der Waals surface area contributed by atoms with E-state index < -0.39 is 0 Å². The first-order valence-corrected chi connectivity index (χ1v) is 13.1. The Morgan fingerprint density at radius 3 is 2.26 bits per heavy atom. The number of nitrogens with one attached hydrogen (secondary N) is 1. The van der Waals surface area contributed by atoms with E-state index in [2.05, 4.69) is 82.5 Å². The first-order valence-electron chi connectivity index (χ1n) is 12.7. The number of hydrogen-bond donors (Lipinski definition) is 1. The molecular formula is C32H28N4OS. The molecule has 1 fully saturated rings. The molecule has 2 atom stereocenters. The van der Waals surface area contributed by atoms with Crippen molar-refractivity contribution in [2.75, 3.05) is 4.90 Å². The SMILES string of the molecule is Cc1ccccc1Oc1ccc(N2C(=S)N[C@@H](c3ccccn3)[C@H]2c2cccn2-c2ccccc2C)cc1. The fourth-order valence-corrected chi connectivity index (χ4v) is 5.44. The standard InChI is InChI=1S/C32H28N4OS/c1-22-10-3-5-13-27(22)35-21-9-14-28(35)31-30(26-12-7-8-20-33-26)34-32(38)36(31)24-16-18-25(19-17-24)37-29-15-6-4-11-23(29)2/h3-21,30-31H,1-2H3,(H,34,38)/t30-,31+/m0/s1. The second kappa shape index (κ2) is 10.1. The molecule has 0 radical (unpaired) electrons. The molecule has 0 amide bonds. The van der Waals surface area contributed by atoms with Crippen molar-refractivity contribution in [1.82, 2.24) is 14.9 Å². The number of hydrogen-bond acceptors (Lipinski definition) is 3. The summed E-state index contributed by atoms with van der Waals surface area (Å²) in [6.45, 7) is 4.18. The van der Waals surface area contributed by atoms with Crippen molar-refractivity contribution >= 4 is 23.0 Å². The van der Waals surface area contributed by atoms with Gasteiger partial charge in [-0.2, -0.15) is 0 Å². The predicted octanol–water partition coefficient (Wildman–Crippen LogP) is 7.46. The minimum atomic E-state index is -0.121. The van der Waals surface area contributed by atoms with Gasteiger partial charge in [0.2, 0.25) is 0 Å². The van der Waals surface area contributed by atoms with Gasteiger partial charge >= 0.3 is 0 Å². The number of aryl methyl sites for hydroxylation is 2. The van der Waals surface area contributed by atoms with Gasteiger partial charge in [0.05, 0.1) is 11.7 Å². The Morgan fingerprint density at radius 1 is 0.789 bits per heavy atom. The summed E-state index contributed by atoms with van der Waals surface area (Å²) in [5, 5.41) is 4.23. The van der Waals surface area contributed by atoms with Crippen LogP contribution in [0.3, 0.4) is 0 Å². The molecule has 6 heteroatoms. The van der Waals surface area contributed by atoms with Crippen molar-refractivity contribution in [2.24, 2.45) is 0 Å². The number of aromatic nitrogens is 2. The van der Waals surface area contributed by atoms with Crippen LogP contribution in [0.25, 0.3) is 5.69 Å².